The summed E-state index contributed by atoms with van der Waals surface area (Å²) >= 11 is 0. The van der Waals surface area contributed by atoms with Gasteiger partial charge in [-0.2, -0.15) is 0 Å². The second-order valence-corrected chi connectivity index (χ2v) is 4.56. The standard InChI is InChI=1S/C16H21NO/c1-3-5-9-14(17-11-4-2)16-12-13-8-6-7-10-15(13)18-16/h3,6-8,10,12,14,17H,1,4-5,9,11H2,2H3. The van der Waals surface area contributed by atoms with Crippen LogP contribution in [0.3, 0.4) is 0 Å². The Morgan fingerprint density at radius 1 is 1.39 bits per heavy atom. The van der Waals surface area contributed by atoms with Crippen molar-refractivity contribution in [2.45, 2.75) is 32.2 Å². The SMILES string of the molecule is C=CCCC(NCCC)c1cc2ccccc2o1. The van der Waals surface area contributed by atoms with E-state index in [2.05, 4.69) is 31.0 Å². The maximum Gasteiger partial charge on any atom is 0.134 e. The number of allylic oxidation sites excluding steroid dienone is 1. The summed E-state index contributed by atoms with van der Waals surface area (Å²) in [5.41, 5.74) is 0.967. The molecule has 2 heteroatoms. The fourth-order valence-electron chi connectivity index (χ4n) is 2.12. The number of fused-ring (bicyclic) bond motifs is 1. The van der Waals surface area contributed by atoms with Gasteiger partial charge in [0.15, 0.2) is 0 Å². The maximum absolute atomic E-state index is 5.93. The molecule has 1 N–H and O–H groups in total. The third-order valence-corrected chi connectivity index (χ3v) is 3.09. The quantitative estimate of drug-likeness (QED) is 0.727. The molecule has 0 saturated carbocycles. The Hall–Kier alpha value is -1.54. The molecule has 0 aliphatic heterocycles. The summed E-state index contributed by atoms with van der Waals surface area (Å²) in [6.45, 7) is 6.98. The largest absolute Gasteiger partial charge is 0.459 e. The number of benzene rings is 1. The molecule has 1 aromatic carbocycles. The predicted octanol–water partition coefficient (Wildman–Crippen LogP) is 4.44. The van der Waals surface area contributed by atoms with E-state index in [1.807, 2.05) is 24.3 Å². The van der Waals surface area contributed by atoms with Crippen LogP contribution in [0.2, 0.25) is 0 Å². The molecule has 2 rings (SSSR count). The summed E-state index contributed by atoms with van der Waals surface area (Å²) in [6, 6.07) is 10.6. The molecule has 0 spiro atoms. The first-order valence-corrected chi connectivity index (χ1v) is 6.68. The Morgan fingerprint density at radius 2 is 2.22 bits per heavy atom. The van der Waals surface area contributed by atoms with Gasteiger partial charge in [0.1, 0.15) is 11.3 Å². The summed E-state index contributed by atoms with van der Waals surface area (Å²) in [5.74, 6) is 1.03. The molecule has 1 aromatic heterocycles. The van der Waals surface area contributed by atoms with Crippen molar-refractivity contribution in [2.75, 3.05) is 6.54 Å². The lowest BCUT2D eigenvalue weighted by Gasteiger charge is -2.15. The summed E-state index contributed by atoms with van der Waals surface area (Å²) in [5, 5.41) is 4.72. The lowest BCUT2D eigenvalue weighted by Crippen LogP contribution is -2.21. The molecule has 1 atom stereocenters. The van der Waals surface area contributed by atoms with E-state index in [-0.39, 0.29) is 6.04 Å². The first kappa shape index (κ1) is 12.9. The molecular weight excluding hydrogens is 222 g/mol. The van der Waals surface area contributed by atoms with Gasteiger partial charge in [-0.3, -0.25) is 0 Å². The molecular formula is C16H21NO. The van der Waals surface area contributed by atoms with Crippen LogP contribution in [0.25, 0.3) is 11.0 Å². The van der Waals surface area contributed by atoms with E-state index in [0.29, 0.717) is 0 Å². The van der Waals surface area contributed by atoms with Crippen LogP contribution < -0.4 is 5.32 Å². The summed E-state index contributed by atoms with van der Waals surface area (Å²) in [6.07, 6.45) is 5.12. The van der Waals surface area contributed by atoms with E-state index < -0.39 is 0 Å². The number of hydrogen-bond donors (Lipinski definition) is 1. The zero-order chi connectivity index (χ0) is 12.8. The van der Waals surface area contributed by atoms with E-state index >= 15 is 0 Å². The minimum Gasteiger partial charge on any atom is -0.459 e. The van der Waals surface area contributed by atoms with Gasteiger partial charge in [0, 0.05) is 5.39 Å². The smallest absolute Gasteiger partial charge is 0.134 e. The van der Waals surface area contributed by atoms with Gasteiger partial charge in [-0.05, 0) is 37.9 Å². The minimum atomic E-state index is 0.287. The Balaban J connectivity index is 2.19. The van der Waals surface area contributed by atoms with Gasteiger partial charge in [0.2, 0.25) is 0 Å². The van der Waals surface area contributed by atoms with Crippen molar-refractivity contribution in [3.63, 3.8) is 0 Å². The molecule has 0 saturated heterocycles. The van der Waals surface area contributed by atoms with Gasteiger partial charge < -0.3 is 9.73 Å². The van der Waals surface area contributed by atoms with E-state index in [1.54, 1.807) is 0 Å². The van der Waals surface area contributed by atoms with Crippen molar-refractivity contribution in [3.05, 3.63) is 48.7 Å². The molecule has 18 heavy (non-hydrogen) atoms. The van der Waals surface area contributed by atoms with Crippen LogP contribution in [-0.2, 0) is 0 Å². The first-order chi connectivity index (χ1) is 8.85. The van der Waals surface area contributed by atoms with Gasteiger partial charge in [-0.25, -0.2) is 0 Å². The van der Waals surface area contributed by atoms with Crippen molar-refractivity contribution in [1.29, 1.82) is 0 Å². The van der Waals surface area contributed by atoms with Crippen LogP contribution in [0.15, 0.2) is 47.4 Å². The van der Waals surface area contributed by atoms with E-state index in [4.69, 9.17) is 4.42 Å². The average Bonchev–Trinajstić information content (AvgIpc) is 2.82. The molecule has 0 radical (unpaired) electrons. The Kier molecular flexibility index (Phi) is 4.59. The lowest BCUT2D eigenvalue weighted by molar-refractivity contribution is 0.412. The van der Waals surface area contributed by atoms with Gasteiger partial charge in [0.25, 0.3) is 0 Å². The highest BCUT2D eigenvalue weighted by molar-refractivity contribution is 5.77. The van der Waals surface area contributed by atoms with Gasteiger partial charge >= 0.3 is 0 Å². The zero-order valence-electron chi connectivity index (χ0n) is 11.0. The predicted molar refractivity (Wildman–Crippen MR) is 76.7 cm³/mol. The van der Waals surface area contributed by atoms with Crippen molar-refractivity contribution in [3.8, 4) is 0 Å². The summed E-state index contributed by atoms with van der Waals surface area (Å²) in [4.78, 5) is 0. The minimum absolute atomic E-state index is 0.287. The third kappa shape index (κ3) is 3.02. The molecule has 0 fully saturated rings. The van der Waals surface area contributed by atoms with Crippen molar-refractivity contribution in [2.24, 2.45) is 0 Å². The molecule has 1 heterocycles. The van der Waals surface area contributed by atoms with E-state index in [0.717, 1.165) is 37.2 Å². The van der Waals surface area contributed by atoms with E-state index in [1.165, 1.54) is 5.39 Å². The zero-order valence-corrected chi connectivity index (χ0v) is 11.0. The average molecular weight is 243 g/mol. The molecule has 0 aliphatic rings. The van der Waals surface area contributed by atoms with Crippen molar-refractivity contribution < 1.29 is 4.42 Å². The second-order valence-electron chi connectivity index (χ2n) is 4.56. The monoisotopic (exact) mass is 243 g/mol. The maximum atomic E-state index is 5.93. The van der Waals surface area contributed by atoms with Gasteiger partial charge in [-0.15, -0.1) is 6.58 Å². The third-order valence-electron chi connectivity index (χ3n) is 3.09. The van der Waals surface area contributed by atoms with Crippen LogP contribution in [0.4, 0.5) is 0 Å². The Morgan fingerprint density at radius 3 is 2.94 bits per heavy atom. The van der Waals surface area contributed by atoms with Crippen molar-refractivity contribution in [1.82, 2.24) is 5.32 Å². The highest BCUT2D eigenvalue weighted by Gasteiger charge is 2.14. The molecule has 2 aromatic rings. The van der Waals surface area contributed by atoms with Crippen LogP contribution in [0.5, 0.6) is 0 Å². The van der Waals surface area contributed by atoms with Gasteiger partial charge in [-0.1, -0.05) is 31.2 Å². The van der Waals surface area contributed by atoms with Crippen LogP contribution >= 0.6 is 0 Å². The number of furan rings is 1. The Bertz CT molecular complexity index is 468. The highest BCUT2D eigenvalue weighted by Crippen LogP contribution is 2.26. The summed E-state index contributed by atoms with van der Waals surface area (Å²) in [7, 11) is 0. The van der Waals surface area contributed by atoms with Crippen molar-refractivity contribution >= 4 is 11.0 Å². The molecule has 96 valence electrons. The number of nitrogens with one attached hydrogen (secondary N) is 1. The molecule has 1 unspecified atom stereocenters. The normalized spacial score (nSPS) is 12.7. The fraction of sp³-hybridized carbons (Fsp3) is 0.375. The van der Waals surface area contributed by atoms with Crippen LogP contribution in [0, 0.1) is 0 Å². The fourth-order valence-corrected chi connectivity index (χ4v) is 2.12. The van der Waals surface area contributed by atoms with Crippen LogP contribution in [0.1, 0.15) is 38.0 Å². The summed E-state index contributed by atoms with van der Waals surface area (Å²) < 4.78 is 5.93. The lowest BCUT2D eigenvalue weighted by atomic mass is 10.1. The molecule has 2 nitrogen and oxygen atoms in total. The van der Waals surface area contributed by atoms with E-state index in [9.17, 15) is 0 Å². The molecule has 0 aliphatic carbocycles. The Labute approximate surface area is 109 Å². The topological polar surface area (TPSA) is 25.2 Å². The number of para-hydroxylation sites is 1. The molecule has 0 amide bonds. The highest BCUT2D eigenvalue weighted by atomic mass is 16.3. The van der Waals surface area contributed by atoms with Gasteiger partial charge in [0.05, 0.1) is 6.04 Å². The second kappa shape index (κ2) is 6.41. The first-order valence-electron chi connectivity index (χ1n) is 6.68. The molecule has 0 bridgehead atoms. The van der Waals surface area contributed by atoms with Crippen LogP contribution in [-0.4, -0.2) is 6.54 Å². The number of rotatable bonds is 7. The number of hydrogen-bond acceptors (Lipinski definition) is 2.